The molecule has 2 saturated heterocycles. The predicted octanol–water partition coefficient (Wildman–Crippen LogP) is 2.30. The number of nitrogens with one attached hydrogen (secondary N) is 1. The summed E-state index contributed by atoms with van der Waals surface area (Å²) in [6.07, 6.45) is 3.37. The van der Waals surface area contributed by atoms with Crippen LogP contribution in [0.1, 0.15) is 23.3 Å². The van der Waals surface area contributed by atoms with Crippen molar-refractivity contribution < 1.29 is 14.5 Å². The third-order valence-corrected chi connectivity index (χ3v) is 8.33. The van der Waals surface area contributed by atoms with Crippen LogP contribution in [-0.2, 0) is 22.4 Å². The van der Waals surface area contributed by atoms with Gasteiger partial charge in [0.2, 0.25) is 11.8 Å². The lowest BCUT2D eigenvalue weighted by molar-refractivity contribution is -0.384. The number of nitro benzene ring substituents is 1. The van der Waals surface area contributed by atoms with E-state index in [2.05, 4.69) is 21.2 Å². The fourth-order valence-corrected chi connectivity index (χ4v) is 6.29. The van der Waals surface area contributed by atoms with Crippen LogP contribution in [0.25, 0.3) is 0 Å². The molecule has 186 valence electrons. The Morgan fingerprint density at radius 3 is 2.71 bits per heavy atom. The van der Waals surface area contributed by atoms with E-state index in [0.29, 0.717) is 32.6 Å². The molecule has 0 spiro atoms. The molecule has 0 saturated carbocycles. The van der Waals surface area contributed by atoms with E-state index in [1.807, 2.05) is 22.4 Å². The topological polar surface area (TPSA) is 99.0 Å². The monoisotopic (exact) mass is 497 g/mol. The summed E-state index contributed by atoms with van der Waals surface area (Å²) in [5.74, 6) is -0.196. The highest BCUT2D eigenvalue weighted by molar-refractivity contribution is 7.09. The largest absolute Gasteiger partial charge is 0.365 e. The average molecular weight is 498 g/mol. The number of hydrogen-bond donors (Lipinski definition) is 1. The van der Waals surface area contributed by atoms with Gasteiger partial charge in [-0.3, -0.25) is 24.6 Å². The molecule has 0 aliphatic carbocycles. The zero-order chi connectivity index (χ0) is 24.4. The Labute approximate surface area is 208 Å². The van der Waals surface area contributed by atoms with Crippen LogP contribution in [0.2, 0.25) is 0 Å². The number of rotatable bonds is 7. The minimum Gasteiger partial charge on any atom is -0.365 e. The molecule has 3 aliphatic rings. The molecule has 2 amide bonds. The number of fused-ring (bicyclic) bond motifs is 3. The van der Waals surface area contributed by atoms with E-state index < -0.39 is 0 Å². The standard InChI is InChI=1S/C25H31N5O4S/c31-24(28-9-1-2-10-28)17-27-11-12-29-22-6-5-19(30(33)34)14-18(22)15-21(23(29)16-27)25(32)26-8-7-20-4-3-13-35-20/h3-6,13-14,21,23H,1-2,7-12,15-17H2,(H,26,32)/t21-,23+/m1/s1. The molecule has 35 heavy (non-hydrogen) atoms. The van der Waals surface area contributed by atoms with Crippen molar-refractivity contribution in [3.63, 3.8) is 0 Å². The lowest BCUT2D eigenvalue weighted by Crippen LogP contribution is -2.62. The first-order chi connectivity index (χ1) is 17.0. The van der Waals surface area contributed by atoms with Gasteiger partial charge in [0.15, 0.2) is 0 Å². The number of anilines is 1. The Morgan fingerprint density at radius 1 is 1.14 bits per heavy atom. The van der Waals surface area contributed by atoms with Crippen molar-refractivity contribution in [2.75, 3.05) is 50.7 Å². The van der Waals surface area contributed by atoms with Gasteiger partial charge in [-0.25, -0.2) is 0 Å². The third-order valence-electron chi connectivity index (χ3n) is 7.40. The van der Waals surface area contributed by atoms with Gasteiger partial charge < -0.3 is 15.1 Å². The van der Waals surface area contributed by atoms with Crippen LogP contribution < -0.4 is 10.2 Å². The summed E-state index contributed by atoms with van der Waals surface area (Å²) in [7, 11) is 0. The van der Waals surface area contributed by atoms with Crippen molar-refractivity contribution >= 4 is 34.5 Å². The van der Waals surface area contributed by atoms with Crippen LogP contribution in [-0.4, -0.2) is 78.4 Å². The first kappa shape index (κ1) is 23.7. The molecule has 1 N–H and O–H groups in total. The molecular formula is C25H31N5O4S. The molecule has 2 fully saturated rings. The van der Waals surface area contributed by atoms with E-state index in [1.165, 1.54) is 4.88 Å². The van der Waals surface area contributed by atoms with Crippen molar-refractivity contribution in [1.29, 1.82) is 0 Å². The van der Waals surface area contributed by atoms with E-state index in [9.17, 15) is 19.7 Å². The number of amides is 2. The number of non-ortho nitro benzene ring substituents is 1. The normalized spacial score (nSPS) is 21.9. The van der Waals surface area contributed by atoms with Crippen molar-refractivity contribution in [1.82, 2.24) is 15.1 Å². The van der Waals surface area contributed by atoms with Crippen LogP contribution in [0.5, 0.6) is 0 Å². The third kappa shape index (κ3) is 5.18. The Balaban J connectivity index is 1.33. The van der Waals surface area contributed by atoms with Gasteiger partial charge in [0.05, 0.1) is 23.4 Å². The Hall–Kier alpha value is -2.98. The summed E-state index contributed by atoms with van der Waals surface area (Å²) in [4.78, 5) is 44.7. The zero-order valence-corrected chi connectivity index (χ0v) is 20.5. The molecule has 2 aromatic rings. The van der Waals surface area contributed by atoms with E-state index in [0.717, 1.165) is 50.1 Å². The number of nitrogens with zero attached hydrogens (tertiary/aromatic N) is 4. The zero-order valence-electron chi connectivity index (χ0n) is 19.7. The molecular weight excluding hydrogens is 466 g/mol. The number of benzene rings is 1. The SMILES string of the molecule is O=C(NCCc1cccs1)[C@@H]1Cc2cc([N+](=O)[O-])ccc2N2CCN(CC(=O)N3CCCC3)C[C@@H]12. The van der Waals surface area contributed by atoms with E-state index >= 15 is 0 Å². The highest BCUT2D eigenvalue weighted by Crippen LogP contribution is 2.38. The average Bonchev–Trinajstić information content (AvgIpc) is 3.57. The van der Waals surface area contributed by atoms with Gasteiger partial charge in [0.1, 0.15) is 0 Å². The summed E-state index contributed by atoms with van der Waals surface area (Å²) in [5, 5.41) is 16.5. The summed E-state index contributed by atoms with van der Waals surface area (Å²) in [6, 6.07) is 8.96. The van der Waals surface area contributed by atoms with Crippen molar-refractivity contribution in [2.45, 2.75) is 31.7 Å². The molecule has 9 nitrogen and oxygen atoms in total. The lowest BCUT2D eigenvalue weighted by Gasteiger charge is -2.49. The predicted molar refractivity (Wildman–Crippen MR) is 135 cm³/mol. The van der Waals surface area contributed by atoms with Crippen molar-refractivity contribution in [3.8, 4) is 0 Å². The minimum absolute atomic E-state index is 0.0265. The number of piperazine rings is 1. The summed E-state index contributed by atoms with van der Waals surface area (Å²) in [5.41, 5.74) is 1.86. The van der Waals surface area contributed by atoms with Gasteiger partial charge in [-0.1, -0.05) is 6.07 Å². The number of carbonyl (C=O) groups is 2. The second-order valence-corrected chi connectivity index (χ2v) is 10.6. The fraction of sp³-hybridized carbons (Fsp3) is 0.520. The summed E-state index contributed by atoms with van der Waals surface area (Å²) < 4.78 is 0. The summed E-state index contributed by atoms with van der Waals surface area (Å²) >= 11 is 1.67. The maximum Gasteiger partial charge on any atom is 0.269 e. The molecule has 0 unspecified atom stereocenters. The highest BCUT2D eigenvalue weighted by Gasteiger charge is 2.42. The Bertz CT molecular complexity index is 1090. The smallest absolute Gasteiger partial charge is 0.269 e. The van der Waals surface area contributed by atoms with Gasteiger partial charge in [0, 0.05) is 62.0 Å². The van der Waals surface area contributed by atoms with Crippen LogP contribution >= 0.6 is 11.3 Å². The van der Waals surface area contributed by atoms with E-state index in [1.54, 1.807) is 23.5 Å². The first-order valence-corrected chi connectivity index (χ1v) is 13.2. The quantitative estimate of drug-likeness (QED) is 0.466. The van der Waals surface area contributed by atoms with Crippen LogP contribution in [0, 0.1) is 16.0 Å². The van der Waals surface area contributed by atoms with Gasteiger partial charge >= 0.3 is 0 Å². The minimum atomic E-state index is -0.385. The molecule has 3 aliphatic heterocycles. The molecule has 10 heteroatoms. The Morgan fingerprint density at radius 2 is 1.97 bits per heavy atom. The molecule has 4 heterocycles. The number of likely N-dealkylation sites (tertiary alicyclic amines) is 1. The number of thiophene rings is 1. The molecule has 5 rings (SSSR count). The van der Waals surface area contributed by atoms with Crippen LogP contribution in [0.15, 0.2) is 35.7 Å². The highest BCUT2D eigenvalue weighted by atomic mass is 32.1. The van der Waals surface area contributed by atoms with Gasteiger partial charge in [0.25, 0.3) is 5.69 Å². The second kappa shape index (κ2) is 10.3. The lowest BCUT2D eigenvalue weighted by atomic mass is 9.83. The Kier molecular flexibility index (Phi) is 7.01. The number of hydrogen-bond acceptors (Lipinski definition) is 7. The van der Waals surface area contributed by atoms with Crippen LogP contribution in [0.3, 0.4) is 0 Å². The van der Waals surface area contributed by atoms with Crippen molar-refractivity contribution in [2.24, 2.45) is 5.92 Å². The molecule has 1 aromatic carbocycles. The second-order valence-electron chi connectivity index (χ2n) is 9.58. The maximum absolute atomic E-state index is 13.4. The molecule has 0 bridgehead atoms. The molecule has 0 radical (unpaired) electrons. The van der Waals surface area contributed by atoms with Crippen molar-refractivity contribution in [3.05, 3.63) is 56.3 Å². The van der Waals surface area contributed by atoms with E-state index in [-0.39, 0.29) is 34.4 Å². The van der Waals surface area contributed by atoms with E-state index in [4.69, 9.17) is 0 Å². The number of carbonyl (C=O) groups excluding carboxylic acids is 2. The van der Waals surface area contributed by atoms with Gasteiger partial charge in [-0.05, 0) is 48.8 Å². The maximum atomic E-state index is 13.4. The molecule has 2 atom stereocenters. The summed E-state index contributed by atoms with van der Waals surface area (Å²) in [6.45, 7) is 4.64. The van der Waals surface area contributed by atoms with Crippen LogP contribution in [0.4, 0.5) is 11.4 Å². The van der Waals surface area contributed by atoms with Gasteiger partial charge in [-0.15, -0.1) is 11.3 Å². The van der Waals surface area contributed by atoms with Gasteiger partial charge in [-0.2, -0.15) is 0 Å². The number of nitro groups is 1. The fourth-order valence-electron chi connectivity index (χ4n) is 5.58. The molecule has 1 aromatic heterocycles. The first-order valence-electron chi connectivity index (χ1n) is 12.3.